The lowest BCUT2D eigenvalue weighted by Crippen LogP contribution is -2.15. The van der Waals surface area contributed by atoms with Crippen LogP contribution in [0.25, 0.3) is 17.1 Å². The summed E-state index contributed by atoms with van der Waals surface area (Å²) in [6.45, 7) is 3.46. The van der Waals surface area contributed by atoms with E-state index in [1.807, 2.05) is 0 Å². The number of aryl methyl sites for hydroxylation is 1. The lowest BCUT2D eigenvalue weighted by Gasteiger charge is -2.12. The Hall–Kier alpha value is -4.21. The molecule has 6 nitrogen and oxygen atoms in total. The van der Waals surface area contributed by atoms with E-state index in [1.165, 1.54) is 35.9 Å². The molecule has 0 saturated heterocycles. The number of amides is 1. The number of benzene rings is 3. The van der Waals surface area contributed by atoms with Crippen LogP contribution < -0.4 is 10.1 Å². The van der Waals surface area contributed by atoms with Gasteiger partial charge in [0.25, 0.3) is 5.91 Å². The number of nitrogens with one attached hydrogen (secondary N) is 1. The highest BCUT2D eigenvalue weighted by Gasteiger charge is 2.33. The summed E-state index contributed by atoms with van der Waals surface area (Å²) in [7, 11) is 0. The second kappa shape index (κ2) is 9.57. The minimum atomic E-state index is -4.56. The Morgan fingerprint density at radius 3 is 2.46 bits per heavy atom. The molecule has 3 aromatic carbocycles. The van der Waals surface area contributed by atoms with Crippen LogP contribution in [-0.4, -0.2) is 27.3 Å². The van der Waals surface area contributed by atoms with Gasteiger partial charge in [-0.25, -0.2) is 9.07 Å². The second-order valence-corrected chi connectivity index (χ2v) is 7.60. The molecular formula is C25H20F4N4O2. The topological polar surface area (TPSA) is 69.0 Å². The molecule has 0 spiro atoms. The Labute approximate surface area is 198 Å². The predicted molar refractivity (Wildman–Crippen MR) is 122 cm³/mol. The first-order chi connectivity index (χ1) is 16.7. The summed E-state index contributed by atoms with van der Waals surface area (Å²) in [5.41, 5.74) is 0.466. The van der Waals surface area contributed by atoms with Gasteiger partial charge in [-0.2, -0.15) is 18.2 Å². The van der Waals surface area contributed by atoms with Crippen LogP contribution in [-0.2, 0) is 6.18 Å². The maximum absolute atomic E-state index is 13.8. The van der Waals surface area contributed by atoms with Crippen molar-refractivity contribution in [3.8, 4) is 23.1 Å². The Kier molecular flexibility index (Phi) is 6.54. The molecule has 0 bridgehead atoms. The number of hydrogen-bond donors (Lipinski definition) is 1. The van der Waals surface area contributed by atoms with Crippen molar-refractivity contribution in [3.63, 3.8) is 0 Å². The van der Waals surface area contributed by atoms with Gasteiger partial charge in [0, 0.05) is 16.8 Å². The van der Waals surface area contributed by atoms with Crippen LogP contribution in [0.1, 0.15) is 28.4 Å². The Balaban J connectivity index is 1.60. The van der Waals surface area contributed by atoms with Crippen molar-refractivity contribution in [1.82, 2.24) is 14.8 Å². The Morgan fingerprint density at radius 1 is 1.06 bits per heavy atom. The number of carbonyl (C=O) groups excluding carboxylic acids is 1. The molecule has 4 rings (SSSR count). The molecule has 10 heteroatoms. The van der Waals surface area contributed by atoms with E-state index in [-0.39, 0.29) is 17.1 Å². The summed E-state index contributed by atoms with van der Waals surface area (Å²) < 4.78 is 60.2. The van der Waals surface area contributed by atoms with Gasteiger partial charge in [-0.1, -0.05) is 18.2 Å². The summed E-state index contributed by atoms with van der Waals surface area (Å²) >= 11 is 0. The molecule has 0 aliphatic carbocycles. The van der Waals surface area contributed by atoms with Crippen LogP contribution in [0.4, 0.5) is 23.2 Å². The van der Waals surface area contributed by atoms with Crippen LogP contribution >= 0.6 is 0 Å². The third kappa shape index (κ3) is 5.32. The number of alkyl halides is 3. The molecule has 0 saturated carbocycles. The molecule has 4 aromatic rings. The highest BCUT2D eigenvalue weighted by atomic mass is 19.4. The fourth-order valence-corrected chi connectivity index (χ4v) is 3.44. The fourth-order valence-electron chi connectivity index (χ4n) is 3.44. The van der Waals surface area contributed by atoms with E-state index in [2.05, 4.69) is 15.4 Å². The van der Waals surface area contributed by atoms with Gasteiger partial charge in [0.2, 0.25) is 0 Å². The van der Waals surface area contributed by atoms with Gasteiger partial charge in [0.05, 0.1) is 17.9 Å². The van der Waals surface area contributed by atoms with E-state index >= 15 is 0 Å². The lowest BCUT2D eigenvalue weighted by molar-refractivity contribution is -0.138. The van der Waals surface area contributed by atoms with E-state index in [0.717, 1.165) is 6.07 Å². The molecule has 180 valence electrons. The smallest absolute Gasteiger partial charge is 0.416 e. The molecule has 0 fully saturated rings. The third-order valence-corrected chi connectivity index (χ3v) is 5.12. The van der Waals surface area contributed by atoms with Gasteiger partial charge in [-0.05, 0) is 67.9 Å². The van der Waals surface area contributed by atoms with E-state index in [9.17, 15) is 22.4 Å². The minimum Gasteiger partial charge on any atom is -0.463 e. The summed E-state index contributed by atoms with van der Waals surface area (Å²) in [5, 5.41) is 6.91. The summed E-state index contributed by atoms with van der Waals surface area (Å²) in [4.78, 5) is 16.9. The molecule has 0 aliphatic heterocycles. The summed E-state index contributed by atoms with van der Waals surface area (Å²) in [6.07, 6.45) is -4.56. The highest BCUT2D eigenvalue weighted by molar-refractivity contribution is 6.04. The average Bonchev–Trinajstić information content (AvgIpc) is 3.23. The average molecular weight is 484 g/mol. The largest absolute Gasteiger partial charge is 0.463 e. The van der Waals surface area contributed by atoms with Crippen LogP contribution in [0.15, 0.2) is 66.7 Å². The van der Waals surface area contributed by atoms with Crippen molar-refractivity contribution in [2.24, 2.45) is 0 Å². The molecule has 35 heavy (non-hydrogen) atoms. The number of carbonyl (C=O) groups is 1. The zero-order chi connectivity index (χ0) is 25.2. The van der Waals surface area contributed by atoms with Gasteiger partial charge in [-0.3, -0.25) is 4.79 Å². The molecule has 0 aliphatic rings. The molecule has 1 amide bonds. The first-order valence-corrected chi connectivity index (χ1v) is 10.6. The summed E-state index contributed by atoms with van der Waals surface area (Å²) in [5.74, 6) is -0.759. The molecule has 0 unspecified atom stereocenters. The zero-order valence-corrected chi connectivity index (χ0v) is 18.7. The van der Waals surface area contributed by atoms with Gasteiger partial charge >= 0.3 is 12.2 Å². The maximum Gasteiger partial charge on any atom is 0.416 e. The van der Waals surface area contributed by atoms with Crippen molar-refractivity contribution in [1.29, 1.82) is 0 Å². The Bertz CT molecular complexity index is 1360. The fraction of sp³-hybridized carbons (Fsp3) is 0.160. The van der Waals surface area contributed by atoms with E-state index < -0.39 is 23.5 Å². The number of hydrogen-bond acceptors (Lipinski definition) is 4. The molecular weight excluding hydrogens is 464 g/mol. The molecule has 1 aromatic heterocycles. The number of aromatic nitrogens is 3. The number of anilines is 1. The second-order valence-electron chi connectivity index (χ2n) is 7.60. The van der Waals surface area contributed by atoms with Gasteiger partial charge in [-0.15, -0.1) is 5.10 Å². The van der Waals surface area contributed by atoms with Gasteiger partial charge in [0.1, 0.15) is 5.82 Å². The highest BCUT2D eigenvalue weighted by Crippen LogP contribution is 2.32. The van der Waals surface area contributed by atoms with E-state index in [4.69, 9.17) is 4.74 Å². The standard InChI is InChI=1S/C25H20F4N4O2/c1-3-35-24-31-22(16-5-4-6-18(26)13-16)33(32-24)20-11-9-19(10-12-20)30-23(34)17-8-7-15(2)21(14-17)25(27,28)29/h4-14H,3H2,1-2H3,(H,30,34). The van der Waals surface area contributed by atoms with Crippen LogP contribution in [0.3, 0.4) is 0 Å². The maximum atomic E-state index is 13.8. The summed E-state index contributed by atoms with van der Waals surface area (Å²) in [6, 6.07) is 15.8. The van der Waals surface area contributed by atoms with E-state index in [1.54, 1.807) is 43.3 Å². The van der Waals surface area contributed by atoms with Crippen LogP contribution in [0, 0.1) is 12.7 Å². The number of halogens is 4. The number of nitrogens with zero attached hydrogens (tertiary/aromatic N) is 3. The van der Waals surface area contributed by atoms with Crippen LogP contribution in [0.5, 0.6) is 6.01 Å². The minimum absolute atomic E-state index is 0.0340. The molecule has 1 heterocycles. The molecule has 0 radical (unpaired) electrons. The normalized spacial score (nSPS) is 11.4. The monoisotopic (exact) mass is 484 g/mol. The molecule has 0 atom stereocenters. The molecule has 1 N–H and O–H groups in total. The SMILES string of the molecule is CCOc1nc(-c2cccc(F)c2)n(-c2ccc(NC(=O)c3ccc(C)c(C(F)(F)F)c3)cc2)n1. The van der Waals surface area contributed by atoms with Crippen molar-refractivity contribution in [3.05, 3.63) is 89.2 Å². The van der Waals surface area contributed by atoms with Crippen molar-refractivity contribution in [2.45, 2.75) is 20.0 Å². The zero-order valence-electron chi connectivity index (χ0n) is 18.7. The van der Waals surface area contributed by atoms with Crippen molar-refractivity contribution >= 4 is 11.6 Å². The van der Waals surface area contributed by atoms with Gasteiger partial charge < -0.3 is 10.1 Å². The predicted octanol–water partition coefficient (Wildman–Crippen LogP) is 6.05. The lowest BCUT2D eigenvalue weighted by atomic mass is 10.0. The van der Waals surface area contributed by atoms with Crippen molar-refractivity contribution < 1.29 is 27.1 Å². The third-order valence-electron chi connectivity index (χ3n) is 5.12. The van der Waals surface area contributed by atoms with E-state index in [0.29, 0.717) is 29.4 Å². The first-order valence-electron chi connectivity index (χ1n) is 10.6. The number of rotatable bonds is 6. The number of ether oxygens (including phenoxy) is 1. The first kappa shape index (κ1) is 23.9. The van der Waals surface area contributed by atoms with Crippen LogP contribution in [0.2, 0.25) is 0 Å². The van der Waals surface area contributed by atoms with Gasteiger partial charge in [0.15, 0.2) is 5.82 Å². The quantitative estimate of drug-likeness (QED) is 0.338. The Morgan fingerprint density at radius 2 is 1.80 bits per heavy atom. The van der Waals surface area contributed by atoms with Crippen molar-refractivity contribution in [2.75, 3.05) is 11.9 Å².